The van der Waals surface area contributed by atoms with Crippen LogP contribution in [0.15, 0.2) is 36.8 Å². The summed E-state index contributed by atoms with van der Waals surface area (Å²) in [6, 6.07) is 4.75. The van der Waals surface area contributed by atoms with Crippen LogP contribution in [0.1, 0.15) is 6.92 Å². The number of carbonyl (C=O) groups is 1. The van der Waals surface area contributed by atoms with E-state index in [1.165, 1.54) is 25.4 Å². The fourth-order valence-corrected chi connectivity index (χ4v) is 1.39. The van der Waals surface area contributed by atoms with Crippen LogP contribution in [0.2, 0.25) is 0 Å². The van der Waals surface area contributed by atoms with Gasteiger partial charge in [0.05, 0.1) is 23.8 Å². The van der Waals surface area contributed by atoms with Crippen LogP contribution in [0.25, 0.3) is 11.3 Å². The molecule has 0 spiro atoms. The van der Waals surface area contributed by atoms with Gasteiger partial charge in [0.1, 0.15) is 5.82 Å². The molecule has 0 aliphatic heterocycles. The molecule has 2 aromatic rings. The lowest BCUT2D eigenvalue weighted by Gasteiger charge is -2.03. The molecule has 17 heavy (non-hydrogen) atoms. The highest BCUT2D eigenvalue weighted by atomic mass is 19.1. The first kappa shape index (κ1) is 11.2. The predicted octanol–water partition coefficient (Wildman–Crippen LogP) is 2.24. The summed E-state index contributed by atoms with van der Waals surface area (Å²) in [7, 11) is 0. The maximum Gasteiger partial charge on any atom is 0.221 e. The second-order valence-corrected chi connectivity index (χ2v) is 3.51. The second kappa shape index (κ2) is 4.69. The largest absolute Gasteiger partial charge is 0.325 e. The number of hydrogen-bond donors (Lipinski definition) is 1. The van der Waals surface area contributed by atoms with Gasteiger partial charge in [-0.05, 0) is 18.2 Å². The molecular weight excluding hydrogens is 221 g/mol. The lowest BCUT2D eigenvalue weighted by molar-refractivity contribution is -0.114. The van der Waals surface area contributed by atoms with Gasteiger partial charge in [0.2, 0.25) is 5.91 Å². The summed E-state index contributed by atoms with van der Waals surface area (Å²) in [5, 5.41) is 2.60. The zero-order chi connectivity index (χ0) is 12.3. The van der Waals surface area contributed by atoms with E-state index in [0.29, 0.717) is 16.9 Å². The maximum atomic E-state index is 13.0. The van der Waals surface area contributed by atoms with Gasteiger partial charge in [-0.3, -0.25) is 14.8 Å². The minimum absolute atomic E-state index is 0.160. The van der Waals surface area contributed by atoms with Gasteiger partial charge in [-0.15, -0.1) is 0 Å². The van der Waals surface area contributed by atoms with Crippen LogP contribution in [0, 0.1) is 5.82 Å². The molecular formula is C12H10FN3O. The molecule has 1 N–H and O–H groups in total. The van der Waals surface area contributed by atoms with Gasteiger partial charge in [0, 0.05) is 18.7 Å². The van der Waals surface area contributed by atoms with Gasteiger partial charge in [-0.1, -0.05) is 0 Å². The molecule has 2 heterocycles. The molecule has 0 bridgehead atoms. The van der Waals surface area contributed by atoms with Gasteiger partial charge >= 0.3 is 0 Å². The number of carbonyl (C=O) groups excluding carboxylic acids is 1. The van der Waals surface area contributed by atoms with Crippen molar-refractivity contribution in [3.05, 3.63) is 42.6 Å². The molecule has 0 saturated carbocycles. The van der Waals surface area contributed by atoms with Crippen LogP contribution in [0.3, 0.4) is 0 Å². The zero-order valence-electron chi connectivity index (χ0n) is 9.14. The summed E-state index contributed by atoms with van der Waals surface area (Å²) in [4.78, 5) is 18.7. The van der Waals surface area contributed by atoms with Crippen LogP contribution in [-0.4, -0.2) is 15.9 Å². The topological polar surface area (TPSA) is 54.9 Å². The Balaban J connectivity index is 2.26. The Kier molecular flexibility index (Phi) is 3.09. The Hall–Kier alpha value is -2.30. The summed E-state index contributed by atoms with van der Waals surface area (Å²) in [6.45, 7) is 1.42. The molecule has 0 fully saturated rings. The third kappa shape index (κ3) is 2.84. The van der Waals surface area contributed by atoms with Gasteiger partial charge in [0.25, 0.3) is 0 Å². The van der Waals surface area contributed by atoms with Crippen molar-refractivity contribution < 1.29 is 9.18 Å². The Bertz CT molecular complexity index is 540. The highest BCUT2D eigenvalue weighted by Gasteiger charge is 2.02. The van der Waals surface area contributed by atoms with E-state index in [1.807, 2.05) is 0 Å². The van der Waals surface area contributed by atoms with Crippen molar-refractivity contribution in [3.63, 3.8) is 0 Å². The highest BCUT2D eigenvalue weighted by molar-refractivity contribution is 5.88. The first-order valence-corrected chi connectivity index (χ1v) is 5.00. The summed E-state index contributed by atoms with van der Waals surface area (Å²) < 4.78 is 13.0. The molecule has 0 saturated heterocycles. The van der Waals surface area contributed by atoms with Gasteiger partial charge in [-0.2, -0.15) is 0 Å². The Morgan fingerprint density at radius 3 is 2.71 bits per heavy atom. The monoisotopic (exact) mass is 231 g/mol. The van der Waals surface area contributed by atoms with E-state index in [2.05, 4.69) is 15.3 Å². The number of amides is 1. The number of nitrogens with zero attached hydrogens (tertiary/aromatic N) is 2. The lowest BCUT2D eigenvalue weighted by Crippen LogP contribution is -2.05. The number of anilines is 1. The molecule has 0 atom stereocenters. The fraction of sp³-hybridized carbons (Fsp3) is 0.0833. The van der Waals surface area contributed by atoms with E-state index in [4.69, 9.17) is 0 Å². The minimum atomic E-state index is -0.407. The van der Waals surface area contributed by atoms with Crippen molar-refractivity contribution in [1.29, 1.82) is 0 Å². The molecule has 1 amide bonds. The maximum absolute atomic E-state index is 13.0. The molecule has 5 heteroatoms. The third-order valence-corrected chi connectivity index (χ3v) is 2.08. The van der Waals surface area contributed by atoms with E-state index >= 15 is 0 Å². The Morgan fingerprint density at radius 2 is 2.12 bits per heavy atom. The molecule has 86 valence electrons. The van der Waals surface area contributed by atoms with E-state index in [9.17, 15) is 9.18 Å². The van der Waals surface area contributed by atoms with Gasteiger partial charge in [-0.25, -0.2) is 4.39 Å². The van der Waals surface area contributed by atoms with Crippen molar-refractivity contribution in [1.82, 2.24) is 9.97 Å². The van der Waals surface area contributed by atoms with E-state index in [1.54, 1.807) is 12.1 Å². The van der Waals surface area contributed by atoms with E-state index < -0.39 is 5.82 Å². The summed E-state index contributed by atoms with van der Waals surface area (Å²) >= 11 is 0. The molecule has 0 aromatic carbocycles. The van der Waals surface area contributed by atoms with Crippen molar-refractivity contribution in [2.24, 2.45) is 0 Å². The Labute approximate surface area is 97.5 Å². The number of hydrogen-bond acceptors (Lipinski definition) is 3. The summed E-state index contributed by atoms with van der Waals surface area (Å²) in [5.41, 5.74) is 1.80. The molecule has 0 radical (unpaired) electrons. The highest BCUT2D eigenvalue weighted by Crippen LogP contribution is 2.18. The second-order valence-electron chi connectivity index (χ2n) is 3.51. The number of pyridine rings is 2. The normalized spacial score (nSPS) is 10.0. The molecule has 2 rings (SSSR count). The first-order valence-electron chi connectivity index (χ1n) is 5.00. The van der Waals surface area contributed by atoms with Crippen molar-refractivity contribution >= 4 is 11.6 Å². The average Bonchev–Trinajstić information content (AvgIpc) is 2.29. The first-order chi connectivity index (χ1) is 8.15. The quantitative estimate of drug-likeness (QED) is 0.862. The van der Waals surface area contributed by atoms with Gasteiger partial charge < -0.3 is 5.32 Å². The lowest BCUT2D eigenvalue weighted by atomic mass is 10.2. The molecule has 0 aliphatic rings. The third-order valence-electron chi connectivity index (χ3n) is 2.08. The average molecular weight is 231 g/mol. The smallest absolute Gasteiger partial charge is 0.221 e. The SMILES string of the molecule is CC(=O)Nc1ccc(-c2cncc(F)c2)nc1. The van der Waals surface area contributed by atoms with Crippen LogP contribution in [0.5, 0.6) is 0 Å². The van der Waals surface area contributed by atoms with Crippen LogP contribution in [-0.2, 0) is 4.79 Å². The van der Waals surface area contributed by atoms with Crippen molar-refractivity contribution in [2.45, 2.75) is 6.92 Å². The van der Waals surface area contributed by atoms with Crippen LogP contribution < -0.4 is 5.32 Å². The number of nitrogens with one attached hydrogen (secondary N) is 1. The summed E-state index contributed by atoms with van der Waals surface area (Å²) in [5.74, 6) is -0.567. The van der Waals surface area contributed by atoms with Crippen molar-refractivity contribution in [2.75, 3.05) is 5.32 Å². The van der Waals surface area contributed by atoms with Gasteiger partial charge in [0.15, 0.2) is 0 Å². The van der Waals surface area contributed by atoms with Crippen LogP contribution >= 0.6 is 0 Å². The number of halogens is 1. The number of rotatable bonds is 2. The van der Waals surface area contributed by atoms with Crippen LogP contribution in [0.4, 0.5) is 10.1 Å². The molecule has 0 aliphatic carbocycles. The van der Waals surface area contributed by atoms with Crippen molar-refractivity contribution in [3.8, 4) is 11.3 Å². The Morgan fingerprint density at radius 1 is 1.29 bits per heavy atom. The molecule has 4 nitrogen and oxygen atoms in total. The molecule has 0 unspecified atom stereocenters. The zero-order valence-corrected chi connectivity index (χ0v) is 9.14. The van der Waals surface area contributed by atoms with E-state index in [-0.39, 0.29) is 5.91 Å². The minimum Gasteiger partial charge on any atom is -0.325 e. The summed E-state index contributed by atoms with van der Waals surface area (Å²) in [6.07, 6.45) is 4.18. The number of aromatic nitrogens is 2. The standard InChI is InChI=1S/C12H10FN3O/c1-8(17)16-11-2-3-12(15-7-11)9-4-10(13)6-14-5-9/h2-7H,1H3,(H,16,17). The fourth-order valence-electron chi connectivity index (χ4n) is 1.39. The molecule has 2 aromatic heterocycles. The van der Waals surface area contributed by atoms with E-state index in [0.717, 1.165) is 6.20 Å². The predicted molar refractivity (Wildman–Crippen MR) is 61.7 cm³/mol.